The van der Waals surface area contributed by atoms with Gasteiger partial charge in [-0.1, -0.05) is 39.8 Å². The van der Waals surface area contributed by atoms with Crippen LogP contribution in [0.4, 0.5) is 0 Å². The van der Waals surface area contributed by atoms with Crippen LogP contribution in [0.3, 0.4) is 0 Å². The lowest BCUT2D eigenvalue weighted by Crippen LogP contribution is -2.33. The summed E-state index contributed by atoms with van der Waals surface area (Å²) in [7, 11) is 4.08. The Morgan fingerprint density at radius 1 is 1.05 bits per heavy atom. The zero-order valence-electron chi connectivity index (χ0n) is 14.3. The number of rotatable bonds is 7. The number of nitrogens with one attached hydrogen (secondary N) is 1. The standard InChI is InChI=1S/C18H30N2O/c1-13(2)17(14(3)4)11-19-18(21)16-9-7-15(8-10-16)12-20(5)6/h7-10,13-14,17H,11-12H2,1-6H3,(H,19,21). The van der Waals surface area contributed by atoms with Crippen molar-refractivity contribution in [1.29, 1.82) is 0 Å². The summed E-state index contributed by atoms with van der Waals surface area (Å²) in [5.41, 5.74) is 1.96. The largest absolute Gasteiger partial charge is 0.352 e. The predicted molar refractivity (Wildman–Crippen MR) is 89.3 cm³/mol. The van der Waals surface area contributed by atoms with Gasteiger partial charge in [-0.2, -0.15) is 0 Å². The molecule has 0 aliphatic heterocycles. The van der Waals surface area contributed by atoms with Crippen LogP contribution in [0.5, 0.6) is 0 Å². The summed E-state index contributed by atoms with van der Waals surface area (Å²) in [4.78, 5) is 14.3. The molecule has 0 saturated heterocycles. The molecule has 0 radical (unpaired) electrons. The Hall–Kier alpha value is -1.35. The van der Waals surface area contributed by atoms with Crippen molar-refractivity contribution in [2.24, 2.45) is 17.8 Å². The molecule has 0 bridgehead atoms. The minimum absolute atomic E-state index is 0.0257. The minimum atomic E-state index is 0.0257. The third-order valence-corrected chi connectivity index (χ3v) is 3.93. The highest BCUT2D eigenvalue weighted by molar-refractivity contribution is 5.94. The molecule has 1 N–H and O–H groups in total. The van der Waals surface area contributed by atoms with Crippen LogP contribution in [0, 0.1) is 17.8 Å². The van der Waals surface area contributed by atoms with Crippen LogP contribution in [0.25, 0.3) is 0 Å². The van der Waals surface area contributed by atoms with E-state index >= 15 is 0 Å². The molecule has 3 heteroatoms. The van der Waals surface area contributed by atoms with Gasteiger partial charge in [0.1, 0.15) is 0 Å². The SMILES string of the molecule is CC(C)C(CNC(=O)c1ccc(CN(C)C)cc1)C(C)C. The molecule has 0 unspecified atom stereocenters. The van der Waals surface area contributed by atoms with Gasteiger partial charge in [-0.25, -0.2) is 0 Å². The van der Waals surface area contributed by atoms with Crippen LogP contribution < -0.4 is 5.32 Å². The quantitative estimate of drug-likeness (QED) is 0.834. The third kappa shape index (κ3) is 5.88. The predicted octanol–water partition coefficient (Wildman–Crippen LogP) is 3.41. The number of amides is 1. The van der Waals surface area contributed by atoms with Crippen molar-refractivity contribution in [2.75, 3.05) is 20.6 Å². The minimum Gasteiger partial charge on any atom is -0.352 e. The molecule has 0 atom stereocenters. The first kappa shape index (κ1) is 17.7. The lowest BCUT2D eigenvalue weighted by molar-refractivity contribution is 0.0937. The average molecular weight is 290 g/mol. The highest BCUT2D eigenvalue weighted by Gasteiger charge is 2.18. The number of carbonyl (C=O) groups excluding carboxylic acids is 1. The molecule has 0 heterocycles. The van der Waals surface area contributed by atoms with E-state index in [1.54, 1.807) is 0 Å². The number of hydrogen-bond acceptors (Lipinski definition) is 2. The normalized spacial score (nSPS) is 11.7. The first-order valence-corrected chi connectivity index (χ1v) is 7.83. The summed E-state index contributed by atoms with van der Waals surface area (Å²) >= 11 is 0. The van der Waals surface area contributed by atoms with Gasteiger partial charge >= 0.3 is 0 Å². The van der Waals surface area contributed by atoms with Crippen molar-refractivity contribution < 1.29 is 4.79 Å². The van der Waals surface area contributed by atoms with E-state index in [0.717, 1.165) is 18.7 Å². The van der Waals surface area contributed by atoms with Gasteiger partial charge in [0.25, 0.3) is 5.91 Å². The fourth-order valence-electron chi connectivity index (χ4n) is 2.68. The van der Waals surface area contributed by atoms with E-state index in [4.69, 9.17) is 0 Å². The van der Waals surface area contributed by atoms with Gasteiger partial charge in [0.15, 0.2) is 0 Å². The summed E-state index contributed by atoms with van der Waals surface area (Å²) in [6.45, 7) is 10.5. The molecule has 21 heavy (non-hydrogen) atoms. The zero-order valence-corrected chi connectivity index (χ0v) is 14.3. The Balaban J connectivity index is 2.59. The van der Waals surface area contributed by atoms with Crippen molar-refractivity contribution in [3.63, 3.8) is 0 Å². The Morgan fingerprint density at radius 3 is 2.00 bits per heavy atom. The molecule has 0 spiro atoms. The Kier molecular flexibility index (Phi) is 6.90. The third-order valence-electron chi connectivity index (χ3n) is 3.93. The first-order chi connectivity index (χ1) is 9.81. The van der Waals surface area contributed by atoms with Gasteiger partial charge in [0.2, 0.25) is 0 Å². The second-order valence-electron chi connectivity index (χ2n) is 6.80. The van der Waals surface area contributed by atoms with Gasteiger partial charge in [0, 0.05) is 18.7 Å². The van der Waals surface area contributed by atoms with Crippen LogP contribution in [-0.4, -0.2) is 31.4 Å². The van der Waals surface area contributed by atoms with E-state index in [9.17, 15) is 4.79 Å². The molecular weight excluding hydrogens is 260 g/mol. The molecule has 1 aromatic rings. The molecule has 0 aliphatic carbocycles. The summed E-state index contributed by atoms with van der Waals surface area (Å²) in [5.74, 6) is 1.69. The molecule has 0 aliphatic rings. The highest BCUT2D eigenvalue weighted by Crippen LogP contribution is 2.19. The van der Waals surface area contributed by atoms with Gasteiger partial charge in [-0.3, -0.25) is 4.79 Å². The van der Waals surface area contributed by atoms with Crippen LogP contribution in [-0.2, 0) is 6.54 Å². The monoisotopic (exact) mass is 290 g/mol. The maximum absolute atomic E-state index is 12.2. The summed E-state index contributed by atoms with van der Waals surface area (Å²) in [5, 5.41) is 3.07. The van der Waals surface area contributed by atoms with E-state index in [0.29, 0.717) is 17.8 Å². The van der Waals surface area contributed by atoms with Crippen LogP contribution in [0.15, 0.2) is 24.3 Å². The highest BCUT2D eigenvalue weighted by atomic mass is 16.1. The lowest BCUT2D eigenvalue weighted by Gasteiger charge is -2.25. The number of nitrogens with zero attached hydrogens (tertiary/aromatic N) is 1. The molecule has 3 nitrogen and oxygen atoms in total. The van der Waals surface area contributed by atoms with Crippen molar-refractivity contribution in [3.05, 3.63) is 35.4 Å². The van der Waals surface area contributed by atoms with Crippen molar-refractivity contribution in [3.8, 4) is 0 Å². The number of benzene rings is 1. The zero-order chi connectivity index (χ0) is 16.0. The topological polar surface area (TPSA) is 32.3 Å². The first-order valence-electron chi connectivity index (χ1n) is 7.83. The van der Waals surface area contributed by atoms with Crippen LogP contribution in [0.1, 0.15) is 43.6 Å². The molecular formula is C18H30N2O. The van der Waals surface area contributed by atoms with Crippen molar-refractivity contribution >= 4 is 5.91 Å². The van der Waals surface area contributed by atoms with Gasteiger partial charge in [0.05, 0.1) is 0 Å². The fraction of sp³-hybridized carbons (Fsp3) is 0.611. The van der Waals surface area contributed by atoms with Gasteiger partial charge < -0.3 is 10.2 Å². The molecule has 0 aromatic heterocycles. The van der Waals surface area contributed by atoms with Gasteiger partial charge in [-0.05, 0) is 49.5 Å². The molecule has 118 valence electrons. The van der Waals surface area contributed by atoms with E-state index in [2.05, 4.69) is 37.9 Å². The lowest BCUT2D eigenvalue weighted by atomic mass is 9.85. The van der Waals surface area contributed by atoms with Crippen molar-refractivity contribution in [1.82, 2.24) is 10.2 Å². The smallest absolute Gasteiger partial charge is 0.251 e. The molecule has 1 rings (SSSR count). The van der Waals surface area contributed by atoms with E-state index in [-0.39, 0.29) is 5.91 Å². The summed E-state index contributed by atoms with van der Waals surface area (Å²) in [6.07, 6.45) is 0. The maximum Gasteiger partial charge on any atom is 0.251 e. The summed E-state index contributed by atoms with van der Waals surface area (Å²) < 4.78 is 0. The molecule has 0 saturated carbocycles. The van der Waals surface area contributed by atoms with E-state index < -0.39 is 0 Å². The summed E-state index contributed by atoms with van der Waals surface area (Å²) in [6, 6.07) is 7.87. The van der Waals surface area contributed by atoms with Crippen molar-refractivity contribution in [2.45, 2.75) is 34.2 Å². The van der Waals surface area contributed by atoms with E-state index in [1.807, 2.05) is 38.4 Å². The van der Waals surface area contributed by atoms with Crippen LogP contribution >= 0.6 is 0 Å². The fourth-order valence-corrected chi connectivity index (χ4v) is 2.68. The van der Waals surface area contributed by atoms with Crippen LogP contribution in [0.2, 0.25) is 0 Å². The molecule has 0 fully saturated rings. The second kappa shape index (κ2) is 8.18. The second-order valence-corrected chi connectivity index (χ2v) is 6.80. The van der Waals surface area contributed by atoms with E-state index in [1.165, 1.54) is 5.56 Å². The average Bonchev–Trinajstić information content (AvgIpc) is 2.38. The number of carbonyl (C=O) groups is 1. The molecule has 1 amide bonds. The molecule has 1 aromatic carbocycles. The Labute approximate surface area is 129 Å². The Morgan fingerprint density at radius 2 is 1.57 bits per heavy atom. The number of hydrogen-bond donors (Lipinski definition) is 1. The maximum atomic E-state index is 12.2. The van der Waals surface area contributed by atoms with Gasteiger partial charge in [-0.15, -0.1) is 0 Å². The Bertz CT molecular complexity index is 427.